The molecule has 5 rings (SSSR count). The Hall–Kier alpha value is -3.38. The first kappa shape index (κ1) is 18.6. The molecule has 0 spiro atoms. The number of carbonyl (C=O) groups is 2. The second-order valence-electron chi connectivity index (χ2n) is 7.24. The number of hydrogen-bond acceptors (Lipinski definition) is 5. The molecule has 2 heterocycles. The molecule has 0 fully saturated rings. The predicted octanol–water partition coefficient (Wildman–Crippen LogP) is 6.03. The van der Waals surface area contributed by atoms with Crippen LogP contribution in [0.2, 0.25) is 0 Å². The molecule has 1 aliphatic rings. The van der Waals surface area contributed by atoms with Crippen molar-refractivity contribution in [2.24, 2.45) is 0 Å². The van der Waals surface area contributed by atoms with Crippen molar-refractivity contribution in [3.05, 3.63) is 81.0 Å². The summed E-state index contributed by atoms with van der Waals surface area (Å²) in [6.07, 6.45) is 2.42. The minimum atomic E-state index is -0.325. The van der Waals surface area contributed by atoms with Gasteiger partial charge in [0.25, 0.3) is 0 Å². The van der Waals surface area contributed by atoms with Crippen LogP contribution in [0.15, 0.2) is 52.5 Å². The van der Waals surface area contributed by atoms with E-state index in [9.17, 15) is 14.0 Å². The number of aromatic nitrogens is 1. The number of carbonyl (C=O) groups excluding carboxylic acids is 2. The Morgan fingerprint density at radius 2 is 1.77 bits per heavy atom. The molecule has 6 heteroatoms. The summed E-state index contributed by atoms with van der Waals surface area (Å²) in [5.74, 6) is -0.409. The highest BCUT2D eigenvalue weighted by molar-refractivity contribution is 7.19. The molecule has 0 atom stereocenters. The number of halogens is 1. The van der Waals surface area contributed by atoms with Gasteiger partial charge in [0.1, 0.15) is 5.82 Å². The maximum atomic E-state index is 13.1. The van der Waals surface area contributed by atoms with Gasteiger partial charge in [-0.15, -0.1) is 11.3 Å². The molecule has 0 aliphatic heterocycles. The summed E-state index contributed by atoms with van der Waals surface area (Å²) in [4.78, 5) is 31.5. The maximum Gasteiger partial charge on any atom is 0.228 e. The molecule has 30 heavy (non-hydrogen) atoms. The van der Waals surface area contributed by atoms with Crippen LogP contribution in [0.4, 0.5) is 4.39 Å². The van der Waals surface area contributed by atoms with Crippen LogP contribution in [0, 0.1) is 12.7 Å². The van der Waals surface area contributed by atoms with Crippen molar-refractivity contribution in [3.8, 4) is 11.5 Å². The van der Waals surface area contributed by atoms with E-state index in [2.05, 4.69) is 4.98 Å². The van der Waals surface area contributed by atoms with Gasteiger partial charge in [0, 0.05) is 27.6 Å². The lowest BCUT2D eigenvalue weighted by Crippen LogP contribution is -1.99. The molecule has 1 aliphatic carbocycles. The first-order valence-corrected chi connectivity index (χ1v) is 10.4. The van der Waals surface area contributed by atoms with Crippen LogP contribution in [0.25, 0.3) is 27.9 Å². The molecule has 4 aromatic rings. The topological polar surface area (TPSA) is 60.2 Å². The van der Waals surface area contributed by atoms with E-state index in [1.165, 1.54) is 23.5 Å². The van der Waals surface area contributed by atoms with E-state index in [1.54, 1.807) is 24.3 Å². The van der Waals surface area contributed by atoms with Gasteiger partial charge >= 0.3 is 0 Å². The average Bonchev–Trinajstić information content (AvgIpc) is 3.35. The van der Waals surface area contributed by atoms with Crippen LogP contribution in [0.3, 0.4) is 0 Å². The molecule has 2 aromatic heterocycles. The summed E-state index contributed by atoms with van der Waals surface area (Å²) >= 11 is 1.34. The van der Waals surface area contributed by atoms with Crippen LogP contribution in [0.5, 0.6) is 0 Å². The van der Waals surface area contributed by atoms with Gasteiger partial charge < -0.3 is 4.42 Å². The maximum absolute atomic E-state index is 13.1. The lowest BCUT2D eigenvalue weighted by molar-refractivity contribution is 0.0990. The van der Waals surface area contributed by atoms with Gasteiger partial charge in [-0.3, -0.25) is 9.59 Å². The zero-order valence-corrected chi connectivity index (χ0v) is 17.1. The molecule has 0 N–H and O–H groups in total. The molecule has 0 amide bonds. The zero-order valence-electron chi connectivity index (χ0n) is 16.3. The molecule has 0 radical (unpaired) electrons. The van der Waals surface area contributed by atoms with Crippen molar-refractivity contribution >= 4 is 39.4 Å². The number of thiophene rings is 1. The molecule has 4 nitrogen and oxygen atoms in total. The fourth-order valence-electron chi connectivity index (χ4n) is 3.72. The number of fused-ring (bicyclic) bond motifs is 2. The summed E-state index contributed by atoms with van der Waals surface area (Å²) in [7, 11) is 0. The van der Waals surface area contributed by atoms with E-state index in [-0.39, 0.29) is 23.0 Å². The van der Waals surface area contributed by atoms with E-state index in [1.807, 2.05) is 26.0 Å². The predicted molar refractivity (Wildman–Crippen MR) is 114 cm³/mol. The van der Waals surface area contributed by atoms with Crippen LogP contribution in [-0.4, -0.2) is 16.6 Å². The van der Waals surface area contributed by atoms with Crippen molar-refractivity contribution in [3.63, 3.8) is 0 Å². The van der Waals surface area contributed by atoms with E-state index < -0.39 is 0 Å². The fourth-order valence-corrected chi connectivity index (χ4v) is 4.61. The number of nitrogens with zero attached hydrogens (tertiary/aromatic N) is 1. The third-order valence-electron chi connectivity index (χ3n) is 5.32. The van der Waals surface area contributed by atoms with Crippen molar-refractivity contribution in [1.82, 2.24) is 4.98 Å². The van der Waals surface area contributed by atoms with E-state index in [0.29, 0.717) is 33.0 Å². The normalized spacial score (nSPS) is 14.8. The quantitative estimate of drug-likeness (QED) is 0.302. The first-order chi connectivity index (χ1) is 14.4. The molecule has 0 unspecified atom stereocenters. The molecule has 0 bridgehead atoms. The number of oxazole rings is 1. The van der Waals surface area contributed by atoms with Crippen LogP contribution >= 0.6 is 11.3 Å². The summed E-state index contributed by atoms with van der Waals surface area (Å²) in [5, 5.41) is 0. The minimum absolute atomic E-state index is 0.167. The van der Waals surface area contributed by atoms with Crippen LogP contribution in [0.1, 0.15) is 43.6 Å². The summed E-state index contributed by atoms with van der Waals surface area (Å²) in [6, 6.07) is 11.3. The number of Topliss-reactive ketones (excluding diaryl/α,β-unsaturated/α-hetero) is 2. The van der Waals surface area contributed by atoms with Gasteiger partial charge in [-0.2, -0.15) is 4.98 Å². The highest BCUT2D eigenvalue weighted by atomic mass is 32.1. The second kappa shape index (κ2) is 6.85. The van der Waals surface area contributed by atoms with Crippen molar-refractivity contribution in [1.29, 1.82) is 0 Å². The highest BCUT2D eigenvalue weighted by Gasteiger charge is 2.33. The lowest BCUT2D eigenvalue weighted by atomic mass is 9.99. The third-order valence-corrected chi connectivity index (χ3v) is 6.28. The molecule has 0 saturated heterocycles. The molecule has 2 aromatic carbocycles. The van der Waals surface area contributed by atoms with Crippen LogP contribution in [-0.2, 0) is 6.42 Å². The third kappa shape index (κ3) is 2.92. The Bertz CT molecular complexity index is 1340. The first-order valence-electron chi connectivity index (χ1n) is 9.55. The molecular weight excluding hydrogens is 401 g/mol. The average molecular weight is 417 g/mol. The second-order valence-corrected chi connectivity index (χ2v) is 8.30. The number of aryl methyl sites for hydroxylation is 2. The van der Waals surface area contributed by atoms with Gasteiger partial charge in [0.05, 0.1) is 5.57 Å². The molecule has 0 saturated carbocycles. The largest absolute Gasteiger partial charge is 0.435 e. The van der Waals surface area contributed by atoms with Gasteiger partial charge in [-0.05, 0) is 66.9 Å². The Morgan fingerprint density at radius 1 is 1.07 bits per heavy atom. The Kier molecular flexibility index (Phi) is 4.25. The Labute approximate surface area is 175 Å². The molecular formula is C24H16FNO3S. The number of hydrogen-bond donors (Lipinski definition) is 0. The van der Waals surface area contributed by atoms with Gasteiger partial charge in [0.2, 0.25) is 5.89 Å². The van der Waals surface area contributed by atoms with Gasteiger partial charge in [0.15, 0.2) is 22.0 Å². The van der Waals surface area contributed by atoms with Crippen LogP contribution < -0.4 is 0 Å². The van der Waals surface area contributed by atoms with Crippen molar-refractivity contribution in [2.45, 2.75) is 20.3 Å². The number of rotatable bonds is 3. The van der Waals surface area contributed by atoms with Crippen molar-refractivity contribution < 1.29 is 18.4 Å². The van der Waals surface area contributed by atoms with E-state index in [4.69, 9.17) is 4.42 Å². The summed E-state index contributed by atoms with van der Waals surface area (Å²) < 4.78 is 18.9. The highest BCUT2D eigenvalue weighted by Crippen LogP contribution is 2.35. The standard InChI is InChI=1S/C24H16FNO3S/c1-3-13-9-18-17(8-12(13)2)21(27)19(22(18)28)10-16-11-20-24(30-16)26-23(29-20)14-4-6-15(25)7-5-14/h4-11H,3H2,1-2H3/b19-10+. The zero-order chi connectivity index (χ0) is 21.0. The minimum Gasteiger partial charge on any atom is -0.435 e. The van der Waals surface area contributed by atoms with E-state index in [0.717, 1.165) is 22.4 Å². The summed E-state index contributed by atoms with van der Waals surface area (Å²) in [6.45, 7) is 3.98. The van der Waals surface area contributed by atoms with Gasteiger partial charge in [-0.25, -0.2) is 4.39 Å². The SMILES string of the molecule is CCc1cc2c(cc1C)C(=O)/C(=C\c1cc3oc(-c4ccc(F)cc4)nc3s1)C2=O. The number of allylic oxidation sites excluding steroid dienone is 1. The Balaban J connectivity index is 1.50. The van der Waals surface area contributed by atoms with Gasteiger partial charge in [-0.1, -0.05) is 6.92 Å². The number of benzene rings is 2. The van der Waals surface area contributed by atoms with Crippen molar-refractivity contribution in [2.75, 3.05) is 0 Å². The Morgan fingerprint density at radius 3 is 2.43 bits per heavy atom. The summed E-state index contributed by atoms with van der Waals surface area (Å²) in [5.41, 5.74) is 4.44. The number of ketones is 2. The lowest BCUT2D eigenvalue weighted by Gasteiger charge is -2.04. The molecule has 148 valence electrons. The monoisotopic (exact) mass is 417 g/mol. The fraction of sp³-hybridized carbons (Fsp3) is 0.125. The smallest absolute Gasteiger partial charge is 0.228 e. The van der Waals surface area contributed by atoms with E-state index >= 15 is 0 Å².